The fraction of sp³-hybridized carbons (Fsp3) is 0.400. The van der Waals surface area contributed by atoms with Crippen molar-refractivity contribution in [2.75, 3.05) is 23.8 Å². The van der Waals surface area contributed by atoms with E-state index in [9.17, 15) is 9.59 Å². The van der Waals surface area contributed by atoms with E-state index in [1.807, 2.05) is 47.4 Å². The number of anilines is 2. The van der Waals surface area contributed by atoms with Crippen LogP contribution in [-0.2, 0) is 9.53 Å². The highest BCUT2D eigenvalue weighted by Gasteiger charge is 2.50. The number of nitrogens with zero attached hydrogens (tertiary/aromatic N) is 2. The van der Waals surface area contributed by atoms with Gasteiger partial charge in [0.2, 0.25) is 5.91 Å². The molecule has 1 aromatic heterocycles. The summed E-state index contributed by atoms with van der Waals surface area (Å²) in [5, 5.41) is 14.7. The molecule has 3 aromatic carbocycles. The van der Waals surface area contributed by atoms with Gasteiger partial charge in [0.1, 0.15) is 5.82 Å². The summed E-state index contributed by atoms with van der Waals surface area (Å²) >= 11 is 0. The third-order valence-corrected chi connectivity index (χ3v) is 9.77. The maximum Gasteiger partial charge on any atom is 0.257 e. The molecule has 228 valence electrons. The molecule has 3 aliphatic rings. The van der Waals surface area contributed by atoms with E-state index in [0.29, 0.717) is 23.7 Å². The Labute approximate surface area is 256 Å². The molecule has 2 amide bonds. The molecule has 4 unspecified atom stereocenters. The van der Waals surface area contributed by atoms with E-state index < -0.39 is 17.8 Å². The molecule has 2 saturated heterocycles. The summed E-state index contributed by atoms with van der Waals surface area (Å²) in [6.07, 6.45) is 7.05. The lowest BCUT2D eigenvalue weighted by Gasteiger charge is -2.48. The first kappa shape index (κ1) is 28.5. The van der Waals surface area contributed by atoms with Crippen LogP contribution in [0.5, 0.6) is 0 Å². The standard InChI is InChI=1S/C35H38FN5O3/c1-21-4-2-6-29(36)32(21)35(43)41-31-7-3-5-23(31)19-28(34(42)39-27-12-13-30-24(18-27)20-37-40-30)33(41)22-8-10-25(11-9-22)38-26-14-16-44-17-15-26/h2,4,6,8-13,18,20,23,26,28,31,33,38H,3,5,7,14-17,19H2,1H3,(H,37,40)(H,39,42). The smallest absolute Gasteiger partial charge is 0.257 e. The van der Waals surface area contributed by atoms with E-state index in [-0.39, 0.29) is 29.3 Å². The quantitative estimate of drug-likeness (QED) is 0.233. The average molecular weight is 596 g/mol. The third-order valence-electron chi connectivity index (χ3n) is 9.77. The summed E-state index contributed by atoms with van der Waals surface area (Å²) < 4.78 is 20.8. The van der Waals surface area contributed by atoms with E-state index in [1.165, 1.54) is 6.07 Å². The van der Waals surface area contributed by atoms with Crippen molar-refractivity contribution in [2.24, 2.45) is 11.8 Å². The summed E-state index contributed by atoms with van der Waals surface area (Å²) in [7, 11) is 0. The van der Waals surface area contributed by atoms with Crippen LogP contribution in [0.4, 0.5) is 15.8 Å². The Morgan fingerprint density at radius 1 is 1.00 bits per heavy atom. The predicted octanol–water partition coefficient (Wildman–Crippen LogP) is 6.61. The van der Waals surface area contributed by atoms with Gasteiger partial charge in [0.25, 0.3) is 5.91 Å². The van der Waals surface area contributed by atoms with Gasteiger partial charge in [0.15, 0.2) is 0 Å². The number of carbonyl (C=O) groups is 2. The normalized spacial score (nSPS) is 23.8. The highest BCUT2D eigenvalue weighted by atomic mass is 19.1. The Morgan fingerprint density at radius 2 is 1.80 bits per heavy atom. The number of piperidine rings is 1. The number of aryl methyl sites for hydroxylation is 1. The molecule has 1 aliphatic carbocycles. The summed E-state index contributed by atoms with van der Waals surface area (Å²) in [6, 6.07) is 18.2. The maximum absolute atomic E-state index is 15.3. The van der Waals surface area contributed by atoms with Crippen molar-refractivity contribution in [3.05, 3.63) is 89.4 Å². The number of H-pyrrole nitrogens is 1. The van der Waals surface area contributed by atoms with Gasteiger partial charge in [-0.05, 0) is 92.5 Å². The lowest BCUT2D eigenvalue weighted by atomic mass is 9.76. The first-order valence-corrected chi connectivity index (χ1v) is 15.7. The van der Waals surface area contributed by atoms with Gasteiger partial charge in [-0.3, -0.25) is 14.7 Å². The number of hydrogen-bond donors (Lipinski definition) is 3. The van der Waals surface area contributed by atoms with Crippen LogP contribution in [0.3, 0.4) is 0 Å². The largest absolute Gasteiger partial charge is 0.382 e. The van der Waals surface area contributed by atoms with Crippen molar-refractivity contribution < 1.29 is 18.7 Å². The summed E-state index contributed by atoms with van der Waals surface area (Å²) in [5.41, 5.74) is 4.12. The van der Waals surface area contributed by atoms with Gasteiger partial charge < -0.3 is 20.3 Å². The third kappa shape index (κ3) is 5.45. The first-order valence-electron chi connectivity index (χ1n) is 15.7. The number of ether oxygens (including phenoxy) is 1. The van der Waals surface area contributed by atoms with E-state index in [4.69, 9.17) is 4.74 Å². The molecule has 0 bridgehead atoms. The number of rotatable bonds is 6. The van der Waals surface area contributed by atoms with E-state index in [2.05, 4.69) is 20.8 Å². The number of amides is 2. The van der Waals surface area contributed by atoms with Crippen molar-refractivity contribution in [3.63, 3.8) is 0 Å². The van der Waals surface area contributed by atoms with Crippen LogP contribution in [0.2, 0.25) is 0 Å². The molecule has 9 heteroatoms. The van der Waals surface area contributed by atoms with Crippen molar-refractivity contribution >= 4 is 34.1 Å². The second kappa shape index (κ2) is 12.0. The minimum atomic E-state index is -0.546. The van der Waals surface area contributed by atoms with Crippen molar-refractivity contribution in [1.29, 1.82) is 0 Å². The number of benzene rings is 3. The van der Waals surface area contributed by atoms with Crippen LogP contribution in [0.1, 0.15) is 66.1 Å². The van der Waals surface area contributed by atoms with Crippen LogP contribution in [0, 0.1) is 24.6 Å². The van der Waals surface area contributed by atoms with Crippen molar-refractivity contribution in [3.8, 4) is 0 Å². The lowest BCUT2D eigenvalue weighted by molar-refractivity contribution is -0.125. The minimum absolute atomic E-state index is 0.0575. The second-order valence-electron chi connectivity index (χ2n) is 12.5. The Kier molecular flexibility index (Phi) is 7.80. The Bertz CT molecular complexity index is 1640. The molecule has 7 rings (SSSR count). The number of nitrogens with one attached hydrogen (secondary N) is 3. The summed E-state index contributed by atoms with van der Waals surface area (Å²) in [5.74, 6) is -1.36. The van der Waals surface area contributed by atoms with Gasteiger partial charge >= 0.3 is 0 Å². The molecule has 2 aliphatic heterocycles. The maximum atomic E-state index is 15.3. The number of carbonyl (C=O) groups excluding carboxylic acids is 2. The number of fused-ring (bicyclic) bond motifs is 2. The predicted molar refractivity (Wildman–Crippen MR) is 168 cm³/mol. The van der Waals surface area contributed by atoms with Gasteiger partial charge in [-0.15, -0.1) is 0 Å². The van der Waals surface area contributed by atoms with E-state index in [1.54, 1.807) is 25.3 Å². The first-order chi connectivity index (χ1) is 21.5. The van der Waals surface area contributed by atoms with Crippen LogP contribution in [0.25, 0.3) is 10.9 Å². The molecule has 8 nitrogen and oxygen atoms in total. The number of likely N-dealkylation sites (tertiary alicyclic amines) is 1. The highest BCUT2D eigenvalue weighted by molar-refractivity contribution is 5.99. The zero-order valence-electron chi connectivity index (χ0n) is 24.9. The second-order valence-corrected chi connectivity index (χ2v) is 12.5. The fourth-order valence-corrected chi connectivity index (χ4v) is 7.58. The molecule has 3 N–H and O–H groups in total. The van der Waals surface area contributed by atoms with Crippen molar-refractivity contribution in [1.82, 2.24) is 15.1 Å². The molecule has 44 heavy (non-hydrogen) atoms. The van der Waals surface area contributed by atoms with E-state index in [0.717, 1.165) is 67.5 Å². The topological polar surface area (TPSA) is 99.4 Å². The Hall–Kier alpha value is -4.24. The zero-order chi connectivity index (χ0) is 30.2. The summed E-state index contributed by atoms with van der Waals surface area (Å²) in [6.45, 7) is 3.27. The van der Waals surface area contributed by atoms with Gasteiger partial charge in [0, 0.05) is 42.1 Å². The SMILES string of the molecule is Cc1cccc(F)c1C(=O)N1C2CCCC2CC(C(=O)Nc2ccc3[nH]ncc3c2)C1c1ccc(NC2CCOCC2)cc1. The lowest BCUT2D eigenvalue weighted by Crippen LogP contribution is -2.54. The number of aromatic amines is 1. The number of aromatic nitrogens is 2. The van der Waals surface area contributed by atoms with Crippen LogP contribution < -0.4 is 10.6 Å². The highest BCUT2D eigenvalue weighted by Crippen LogP contribution is 2.49. The Morgan fingerprint density at radius 3 is 2.59 bits per heavy atom. The molecule has 0 spiro atoms. The molecular weight excluding hydrogens is 557 g/mol. The van der Waals surface area contributed by atoms with E-state index >= 15 is 4.39 Å². The minimum Gasteiger partial charge on any atom is -0.382 e. The molecule has 4 atom stereocenters. The van der Waals surface area contributed by atoms with Gasteiger partial charge in [-0.25, -0.2) is 4.39 Å². The number of halogens is 1. The molecular formula is C35H38FN5O3. The fourth-order valence-electron chi connectivity index (χ4n) is 7.58. The van der Waals surface area contributed by atoms with Crippen molar-refractivity contribution in [2.45, 2.75) is 63.6 Å². The average Bonchev–Trinajstić information content (AvgIpc) is 3.70. The molecule has 3 heterocycles. The van der Waals surface area contributed by atoms with Crippen LogP contribution in [0.15, 0.2) is 66.9 Å². The summed E-state index contributed by atoms with van der Waals surface area (Å²) in [4.78, 5) is 30.5. The molecule has 1 saturated carbocycles. The van der Waals surface area contributed by atoms with Gasteiger partial charge in [0.05, 0.1) is 29.2 Å². The van der Waals surface area contributed by atoms with Gasteiger partial charge in [-0.2, -0.15) is 5.10 Å². The molecule has 0 radical (unpaired) electrons. The molecule has 4 aromatic rings. The monoisotopic (exact) mass is 595 g/mol. The Balaban J connectivity index is 1.26. The molecule has 3 fully saturated rings. The zero-order valence-corrected chi connectivity index (χ0v) is 24.9. The van der Waals surface area contributed by atoms with Crippen LogP contribution >= 0.6 is 0 Å². The number of hydrogen-bond acceptors (Lipinski definition) is 5. The van der Waals surface area contributed by atoms with Crippen LogP contribution in [-0.4, -0.2) is 52.2 Å². The van der Waals surface area contributed by atoms with Gasteiger partial charge in [-0.1, -0.05) is 30.7 Å².